The van der Waals surface area contributed by atoms with E-state index in [4.69, 9.17) is 0 Å². The van der Waals surface area contributed by atoms with Gasteiger partial charge in [0, 0.05) is 5.56 Å². The highest BCUT2D eigenvalue weighted by Crippen LogP contribution is 2.27. The van der Waals surface area contributed by atoms with Crippen molar-refractivity contribution in [2.45, 2.75) is 18.9 Å². The van der Waals surface area contributed by atoms with E-state index in [1.807, 2.05) is 60.7 Å². The van der Waals surface area contributed by atoms with Crippen LogP contribution in [0.5, 0.6) is 0 Å². The van der Waals surface area contributed by atoms with Crippen LogP contribution in [0.4, 0.5) is 4.39 Å². The van der Waals surface area contributed by atoms with Crippen LogP contribution in [0, 0.1) is 5.82 Å². The fraction of sp³-hybridized carbons (Fsp3) is 0.120. The zero-order valence-electron chi connectivity index (χ0n) is 15.6. The van der Waals surface area contributed by atoms with Crippen LogP contribution in [-0.2, 0) is 11.3 Å². The van der Waals surface area contributed by atoms with Gasteiger partial charge in [0.1, 0.15) is 11.9 Å². The Morgan fingerprint density at radius 2 is 1.54 bits per heavy atom. The minimum Gasteiger partial charge on any atom is -0.251 e. The molecule has 0 heterocycles. The van der Waals surface area contributed by atoms with Crippen LogP contribution in [0.25, 0.3) is 23.3 Å². The van der Waals surface area contributed by atoms with Crippen molar-refractivity contribution in [3.63, 3.8) is 0 Å². The molecule has 28 heavy (non-hydrogen) atoms. The average molecular weight is 374 g/mol. The molecule has 3 aromatic carbocycles. The SMILES string of the molecule is C=Cc1ccc(-c2ccc(C(CCc3ccc(C=C)c(F)c3)OO)cc2)cc1. The molecule has 0 aromatic heterocycles. The first-order valence-corrected chi connectivity index (χ1v) is 9.18. The molecule has 0 aliphatic rings. The molecule has 2 nitrogen and oxygen atoms in total. The van der Waals surface area contributed by atoms with E-state index in [0.717, 1.165) is 27.8 Å². The van der Waals surface area contributed by atoms with Gasteiger partial charge in [-0.15, -0.1) is 0 Å². The summed E-state index contributed by atoms with van der Waals surface area (Å²) < 4.78 is 13.9. The number of hydrogen-bond acceptors (Lipinski definition) is 2. The Balaban J connectivity index is 1.69. The van der Waals surface area contributed by atoms with Crippen molar-refractivity contribution in [3.05, 3.63) is 108 Å². The van der Waals surface area contributed by atoms with Gasteiger partial charge in [0.2, 0.25) is 0 Å². The lowest BCUT2D eigenvalue weighted by molar-refractivity contribution is -0.283. The van der Waals surface area contributed by atoms with Gasteiger partial charge in [-0.3, -0.25) is 5.26 Å². The molecule has 0 bridgehead atoms. The van der Waals surface area contributed by atoms with Crippen LogP contribution in [0.1, 0.15) is 34.8 Å². The van der Waals surface area contributed by atoms with Crippen LogP contribution in [0.3, 0.4) is 0 Å². The second-order valence-corrected chi connectivity index (χ2v) is 6.64. The summed E-state index contributed by atoms with van der Waals surface area (Å²) >= 11 is 0. The third-order valence-electron chi connectivity index (χ3n) is 4.87. The first-order valence-electron chi connectivity index (χ1n) is 9.18. The summed E-state index contributed by atoms with van der Waals surface area (Å²) in [5, 5.41) is 9.34. The maximum atomic E-state index is 13.9. The molecule has 3 aromatic rings. The zero-order chi connectivity index (χ0) is 19.9. The first kappa shape index (κ1) is 19.7. The number of halogens is 1. The Bertz CT molecular complexity index is 943. The van der Waals surface area contributed by atoms with Crippen LogP contribution >= 0.6 is 0 Å². The van der Waals surface area contributed by atoms with E-state index in [1.54, 1.807) is 6.07 Å². The monoisotopic (exact) mass is 374 g/mol. The number of aryl methyl sites for hydroxylation is 1. The highest BCUT2D eigenvalue weighted by atomic mass is 19.1. The van der Waals surface area contributed by atoms with Gasteiger partial charge in [0.15, 0.2) is 0 Å². The minimum absolute atomic E-state index is 0.291. The van der Waals surface area contributed by atoms with E-state index in [9.17, 15) is 9.65 Å². The molecule has 142 valence electrons. The predicted molar refractivity (Wildman–Crippen MR) is 113 cm³/mol. The van der Waals surface area contributed by atoms with Crippen LogP contribution in [0.15, 0.2) is 79.9 Å². The summed E-state index contributed by atoms with van der Waals surface area (Å²) in [6, 6.07) is 21.1. The molecule has 1 N–H and O–H groups in total. The van der Waals surface area contributed by atoms with E-state index < -0.39 is 6.10 Å². The van der Waals surface area contributed by atoms with Gasteiger partial charge >= 0.3 is 0 Å². The standard InChI is InChI=1S/C25H23FO2/c1-3-18-5-10-21(11-6-18)22-12-14-23(15-13-22)25(28-27)16-8-19-7-9-20(4-2)24(26)17-19/h3-7,9-15,17,25,27H,1-2,8,16H2. The van der Waals surface area contributed by atoms with Crippen molar-refractivity contribution in [2.24, 2.45) is 0 Å². The third-order valence-corrected chi connectivity index (χ3v) is 4.87. The van der Waals surface area contributed by atoms with Gasteiger partial charge < -0.3 is 0 Å². The Hall–Kier alpha value is -3.01. The molecule has 1 unspecified atom stereocenters. The molecular weight excluding hydrogens is 351 g/mol. The van der Waals surface area contributed by atoms with E-state index in [-0.39, 0.29) is 5.82 Å². The maximum Gasteiger partial charge on any atom is 0.130 e. The molecule has 0 saturated carbocycles. The molecule has 1 atom stereocenters. The molecule has 0 spiro atoms. The van der Waals surface area contributed by atoms with Crippen molar-refractivity contribution in [3.8, 4) is 11.1 Å². The first-order chi connectivity index (χ1) is 13.6. The molecule has 3 rings (SSSR count). The van der Waals surface area contributed by atoms with Gasteiger partial charge in [-0.1, -0.05) is 86.0 Å². The van der Waals surface area contributed by atoms with E-state index in [1.165, 1.54) is 12.1 Å². The largest absolute Gasteiger partial charge is 0.251 e. The second-order valence-electron chi connectivity index (χ2n) is 6.64. The third kappa shape index (κ3) is 4.63. The van der Waals surface area contributed by atoms with Gasteiger partial charge in [-0.25, -0.2) is 9.28 Å². The predicted octanol–water partition coefficient (Wildman–Crippen LogP) is 6.94. The molecule has 3 heteroatoms. The van der Waals surface area contributed by atoms with Crippen LogP contribution in [0.2, 0.25) is 0 Å². The van der Waals surface area contributed by atoms with Crippen LogP contribution < -0.4 is 0 Å². The second kappa shape index (κ2) is 9.27. The van der Waals surface area contributed by atoms with E-state index in [0.29, 0.717) is 18.4 Å². The summed E-state index contributed by atoms with van der Waals surface area (Å²) in [7, 11) is 0. The topological polar surface area (TPSA) is 29.5 Å². The Labute approximate surface area is 165 Å². The van der Waals surface area contributed by atoms with E-state index >= 15 is 0 Å². The lowest BCUT2D eigenvalue weighted by Crippen LogP contribution is -2.04. The Morgan fingerprint density at radius 1 is 0.893 bits per heavy atom. The van der Waals surface area contributed by atoms with Gasteiger partial charge in [-0.05, 0) is 46.7 Å². The van der Waals surface area contributed by atoms with E-state index in [2.05, 4.69) is 18.0 Å². The normalized spacial score (nSPS) is 11.8. The van der Waals surface area contributed by atoms with Gasteiger partial charge in [0.05, 0.1) is 0 Å². The van der Waals surface area contributed by atoms with Crippen molar-refractivity contribution >= 4 is 12.2 Å². The Morgan fingerprint density at radius 3 is 2.07 bits per heavy atom. The lowest BCUT2D eigenvalue weighted by Gasteiger charge is -2.15. The van der Waals surface area contributed by atoms with Crippen LogP contribution in [-0.4, -0.2) is 5.26 Å². The lowest BCUT2D eigenvalue weighted by atomic mass is 9.97. The molecular formula is C25H23FO2. The summed E-state index contributed by atoms with van der Waals surface area (Å²) in [6.07, 6.45) is 3.96. The molecule has 0 amide bonds. The Kier molecular flexibility index (Phi) is 6.53. The van der Waals surface area contributed by atoms with Gasteiger partial charge in [-0.2, -0.15) is 0 Å². The average Bonchev–Trinajstić information content (AvgIpc) is 2.75. The fourth-order valence-electron chi connectivity index (χ4n) is 3.17. The smallest absolute Gasteiger partial charge is 0.130 e. The minimum atomic E-state index is -0.473. The summed E-state index contributed by atoms with van der Waals surface area (Å²) in [4.78, 5) is 4.69. The zero-order valence-corrected chi connectivity index (χ0v) is 15.6. The number of rotatable bonds is 8. The van der Waals surface area contributed by atoms with Crippen molar-refractivity contribution < 1.29 is 14.5 Å². The molecule has 0 fully saturated rings. The highest BCUT2D eigenvalue weighted by Gasteiger charge is 2.13. The maximum absolute atomic E-state index is 13.9. The highest BCUT2D eigenvalue weighted by molar-refractivity contribution is 5.65. The number of hydrogen-bond donors (Lipinski definition) is 1. The van der Waals surface area contributed by atoms with Gasteiger partial charge in [0.25, 0.3) is 0 Å². The summed E-state index contributed by atoms with van der Waals surface area (Å²) in [5.74, 6) is -0.291. The molecule has 0 aliphatic heterocycles. The summed E-state index contributed by atoms with van der Waals surface area (Å²) in [6.45, 7) is 7.35. The van der Waals surface area contributed by atoms with Crippen molar-refractivity contribution in [1.29, 1.82) is 0 Å². The van der Waals surface area contributed by atoms with Crippen molar-refractivity contribution in [1.82, 2.24) is 0 Å². The molecule has 0 aliphatic carbocycles. The molecule has 0 radical (unpaired) electrons. The van der Waals surface area contributed by atoms with Crippen molar-refractivity contribution in [2.75, 3.05) is 0 Å². The fourth-order valence-corrected chi connectivity index (χ4v) is 3.17. The molecule has 0 saturated heterocycles. The quantitative estimate of drug-likeness (QED) is 0.342. The summed E-state index contributed by atoms with van der Waals surface area (Å²) in [5.41, 5.74) is 5.47. The number of benzene rings is 3.